The van der Waals surface area contributed by atoms with Gasteiger partial charge in [-0.25, -0.2) is 4.98 Å². The van der Waals surface area contributed by atoms with E-state index >= 15 is 0 Å². The van der Waals surface area contributed by atoms with Gasteiger partial charge in [-0.1, -0.05) is 0 Å². The molecule has 1 aliphatic carbocycles. The first-order valence-electron chi connectivity index (χ1n) is 4.51. The van der Waals surface area contributed by atoms with Gasteiger partial charge < -0.3 is 10.4 Å². The van der Waals surface area contributed by atoms with Crippen LogP contribution in [0.3, 0.4) is 0 Å². The normalized spacial score (nSPS) is 13.9. The fourth-order valence-electron chi connectivity index (χ4n) is 1.04. The van der Waals surface area contributed by atoms with Crippen LogP contribution in [0, 0.1) is 0 Å². The van der Waals surface area contributed by atoms with Gasteiger partial charge in [0.1, 0.15) is 12.1 Å². The van der Waals surface area contributed by atoms with Gasteiger partial charge in [0, 0.05) is 24.9 Å². The summed E-state index contributed by atoms with van der Waals surface area (Å²) in [4.78, 5) is 14.5. The zero-order chi connectivity index (χ0) is 10.4. The molecule has 2 N–H and O–H groups in total. The second kappa shape index (κ2) is 5.34. The molecule has 1 fully saturated rings. The third-order valence-corrected chi connectivity index (χ3v) is 1.85. The highest BCUT2D eigenvalue weighted by molar-refractivity contribution is 5.76. The van der Waals surface area contributed by atoms with Gasteiger partial charge in [0.2, 0.25) is 0 Å². The molecule has 0 bridgehead atoms. The zero-order valence-electron chi connectivity index (χ0n) is 8.10. The molecular weight excluding hydrogens is 180 g/mol. The molecule has 4 heteroatoms. The van der Waals surface area contributed by atoms with Gasteiger partial charge in [0.05, 0.1) is 0 Å². The maximum atomic E-state index is 10.4. The predicted molar refractivity (Wildman–Crippen MR) is 54.4 cm³/mol. The molecule has 0 atom stereocenters. The first kappa shape index (κ1) is 10.7. The van der Waals surface area contributed by atoms with Crippen molar-refractivity contribution in [3.8, 4) is 0 Å². The van der Waals surface area contributed by atoms with Crippen molar-refractivity contribution in [1.29, 1.82) is 0 Å². The number of nitrogens with one attached hydrogen (secondary N) is 1. The van der Waals surface area contributed by atoms with Crippen LogP contribution in [0.4, 0.5) is 5.82 Å². The Bertz CT molecular complexity index is 298. The molecule has 0 aliphatic heterocycles. The number of aldehydes is 1. The van der Waals surface area contributed by atoms with Gasteiger partial charge in [-0.2, -0.15) is 0 Å². The number of rotatable bonds is 3. The monoisotopic (exact) mass is 194 g/mol. The van der Waals surface area contributed by atoms with Gasteiger partial charge in [-0.05, 0) is 25.0 Å². The summed E-state index contributed by atoms with van der Waals surface area (Å²) in [6.45, 7) is 0. The van der Waals surface area contributed by atoms with Crippen LogP contribution in [0.5, 0.6) is 0 Å². The largest absolute Gasteiger partial charge is 0.400 e. The summed E-state index contributed by atoms with van der Waals surface area (Å²) < 4.78 is 0. The van der Waals surface area contributed by atoms with Gasteiger partial charge in [0.25, 0.3) is 0 Å². The van der Waals surface area contributed by atoms with Gasteiger partial charge in [-0.15, -0.1) is 0 Å². The molecule has 0 unspecified atom stereocenters. The van der Waals surface area contributed by atoms with Crippen LogP contribution in [0.25, 0.3) is 0 Å². The number of carbonyl (C=O) groups is 1. The van der Waals surface area contributed by atoms with Crippen molar-refractivity contribution in [2.75, 3.05) is 12.4 Å². The number of pyridine rings is 1. The first-order chi connectivity index (χ1) is 6.88. The van der Waals surface area contributed by atoms with E-state index in [0.29, 0.717) is 11.6 Å². The smallest absolute Gasteiger partial charge is 0.150 e. The molecule has 2 rings (SSSR count). The number of aliphatic hydroxyl groups excluding tert-OH is 1. The van der Waals surface area contributed by atoms with Crippen LogP contribution >= 0.6 is 0 Å². The number of carbonyl (C=O) groups excluding carboxylic acids is 1. The lowest BCUT2D eigenvalue weighted by Crippen LogP contribution is -2.02. The van der Waals surface area contributed by atoms with Crippen LogP contribution in [-0.2, 0) is 0 Å². The van der Waals surface area contributed by atoms with Crippen LogP contribution < -0.4 is 5.32 Å². The molecule has 0 saturated heterocycles. The van der Waals surface area contributed by atoms with Crippen molar-refractivity contribution >= 4 is 12.1 Å². The molecule has 1 heterocycles. The predicted octanol–water partition coefficient (Wildman–Crippen LogP) is 1.08. The summed E-state index contributed by atoms with van der Waals surface area (Å²) in [5.74, 6) is 0.808. The molecule has 1 aromatic rings. The first-order valence-corrected chi connectivity index (χ1v) is 4.51. The minimum Gasteiger partial charge on any atom is -0.400 e. The summed E-state index contributed by atoms with van der Waals surface area (Å²) in [6.07, 6.45) is 4.91. The summed E-state index contributed by atoms with van der Waals surface area (Å²) in [7, 11) is 1.00. The fraction of sp³-hybridized carbons (Fsp3) is 0.400. The average Bonchev–Trinajstić information content (AvgIpc) is 3.05. The van der Waals surface area contributed by atoms with Crippen LogP contribution in [0.1, 0.15) is 23.2 Å². The van der Waals surface area contributed by atoms with Crippen molar-refractivity contribution in [2.24, 2.45) is 0 Å². The van der Waals surface area contributed by atoms with Crippen molar-refractivity contribution in [2.45, 2.75) is 18.9 Å². The number of aromatic nitrogens is 1. The Kier molecular flexibility index (Phi) is 4.07. The highest BCUT2D eigenvalue weighted by atomic mass is 16.2. The molecule has 0 spiro atoms. The quantitative estimate of drug-likeness (QED) is 0.707. The third-order valence-electron chi connectivity index (χ3n) is 1.85. The van der Waals surface area contributed by atoms with Crippen molar-refractivity contribution in [3.05, 3.63) is 23.9 Å². The van der Waals surface area contributed by atoms with Gasteiger partial charge in [0.15, 0.2) is 0 Å². The lowest BCUT2D eigenvalue weighted by molar-refractivity contribution is 0.112. The standard InChI is InChI=1S/C9H10N2O.CH4O/c12-6-7-3-4-10-9(5-7)11-8-1-2-8;1-2/h3-6,8H,1-2H2,(H,10,11);2H,1H3. The molecule has 14 heavy (non-hydrogen) atoms. The summed E-state index contributed by atoms with van der Waals surface area (Å²) in [6, 6.07) is 4.05. The molecular formula is C10H14N2O2. The summed E-state index contributed by atoms with van der Waals surface area (Å²) >= 11 is 0. The maximum absolute atomic E-state index is 10.4. The molecule has 1 aromatic heterocycles. The maximum Gasteiger partial charge on any atom is 0.150 e. The van der Waals surface area contributed by atoms with Crippen molar-refractivity contribution in [1.82, 2.24) is 4.98 Å². The highest BCUT2D eigenvalue weighted by Gasteiger charge is 2.20. The van der Waals surface area contributed by atoms with Gasteiger partial charge in [-0.3, -0.25) is 4.79 Å². The molecule has 76 valence electrons. The summed E-state index contributed by atoms with van der Waals surface area (Å²) in [5, 5.41) is 10.2. The van der Waals surface area contributed by atoms with E-state index in [1.807, 2.05) is 0 Å². The average molecular weight is 194 g/mol. The molecule has 0 aromatic carbocycles. The Morgan fingerprint density at radius 3 is 2.86 bits per heavy atom. The molecule has 1 aliphatic rings. The Hall–Kier alpha value is -1.42. The number of hydrogen-bond acceptors (Lipinski definition) is 4. The van der Waals surface area contributed by atoms with E-state index in [2.05, 4.69) is 10.3 Å². The SMILES string of the molecule is CO.O=Cc1ccnc(NC2CC2)c1. The van der Waals surface area contributed by atoms with E-state index < -0.39 is 0 Å². The Morgan fingerprint density at radius 2 is 2.29 bits per heavy atom. The minimum absolute atomic E-state index is 0.583. The fourth-order valence-corrected chi connectivity index (χ4v) is 1.04. The number of anilines is 1. The van der Waals surface area contributed by atoms with E-state index in [9.17, 15) is 4.79 Å². The molecule has 4 nitrogen and oxygen atoms in total. The van der Waals surface area contributed by atoms with E-state index in [1.165, 1.54) is 12.8 Å². The Morgan fingerprint density at radius 1 is 1.57 bits per heavy atom. The number of nitrogens with zero attached hydrogens (tertiary/aromatic N) is 1. The van der Waals surface area contributed by atoms with E-state index in [1.54, 1.807) is 18.3 Å². The van der Waals surface area contributed by atoms with Crippen LogP contribution in [0.15, 0.2) is 18.3 Å². The van der Waals surface area contributed by atoms with Crippen molar-refractivity contribution < 1.29 is 9.90 Å². The molecule has 0 amide bonds. The highest BCUT2D eigenvalue weighted by Crippen LogP contribution is 2.23. The summed E-state index contributed by atoms with van der Waals surface area (Å²) in [5.41, 5.74) is 0.674. The lowest BCUT2D eigenvalue weighted by atomic mass is 10.3. The Labute approximate surface area is 83.0 Å². The third kappa shape index (κ3) is 3.14. The second-order valence-electron chi connectivity index (χ2n) is 3.01. The zero-order valence-corrected chi connectivity index (χ0v) is 8.10. The van der Waals surface area contributed by atoms with Gasteiger partial charge >= 0.3 is 0 Å². The van der Waals surface area contributed by atoms with E-state index in [0.717, 1.165) is 19.2 Å². The van der Waals surface area contributed by atoms with Crippen LogP contribution in [0.2, 0.25) is 0 Å². The number of hydrogen-bond donors (Lipinski definition) is 2. The minimum atomic E-state index is 0.583. The van der Waals surface area contributed by atoms with Crippen LogP contribution in [-0.4, -0.2) is 29.5 Å². The molecule has 0 radical (unpaired) electrons. The lowest BCUT2D eigenvalue weighted by Gasteiger charge is -2.01. The second-order valence-corrected chi connectivity index (χ2v) is 3.01. The topological polar surface area (TPSA) is 62.2 Å². The molecule has 1 saturated carbocycles. The Balaban J connectivity index is 0.000000461. The van der Waals surface area contributed by atoms with E-state index in [-0.39, 0.29) is 0 Å². The number of aliphatic hydroxyl groups is 1. The van der Waals surface area contributed by atoms with Crippen molar-refractivity contribution in [3.63, 3.8) is 0 Å². The van der Waals surface area contributed by atoms with E-state index in [4.69, 9.17) is 5.11 Å².